The zero-order valence-electron chi connectivity index (χ0n) is 15.9. The van der Waals surface area contributed by atoms with Gasteiger partial charge in [0.25, 0.3) is 0 Å². The standard InChI is InChI=1S/C14H12.C10H23N/c1-3-7-13(8-4-1)11-12-14-9-5-2-6-10-14;1-2-3-4-5-6-7-8-9-10-11/h1-12H;2-11H2,1H3. The second-order valence-electron chi connectivity index (χ2n) is 6.42. The Morgan fingerprint density at radius 3 is 1.40 bits per heavy atom. The average Bonchev–Trinajstić information content (AvgIpc) is 2.68. The van der Waals surface area contributed by atoms with Crippen LogP contribution in [0.3, 0.4) is 0 Å². The SMILES string of the molecule is C(=Cc1ccccc1)c1ccccc1.CCCCCCCCCCN. The van der Waals surface area contributed by atoms with Crippen LogP contribution in [0.2, 0.25) is 0 Å². The Labute approximate surface area is 155 Å². The van der Waals surface area contributed by atoms with E-state index in [9.17, 15) is 0 Å². The van der Waals surface area contributed by atoms with E-state index in [2.05, 4.69) is 43.3 Å². The van der Waals surface area contributed by atoms with Gasteiger partial charge in [-0.15, -0.1) is 0 Å². The molecule has 0 fully saturated rings. The fourth-order valence-corrected chi connectivity index (χ4v) is 2.60. The van der Waals surface area contributed by atoms with Crippen LogP contribution >= 0.6 is 0 Å². The number of rotatable bonds is 10. The van der Waals surface area contributed by atoms with Crippen LogP contribution in [0.25, 0.3) is 12.2 Å². The minimum Gasteiger partial charge on any atom is -0.330 e. The molecule has 0 unspecified atom stereocenters. The van der Waals surface area contributed by atoms with Crippen molar-refractivity contribution in [2.75, 3.05) is 6.54 Å². The topological polar surface area (TPSA) is 26.0 Å². The number of benzene rings is 2. The molecule has 2 aromatic rings. The van der Waals surface area contributed by atoms with Crippen LogP contribution in [-0.2, 0) is 0 Å². The van der Waals surface area contributed by atoms with Gasteiger partial charge in [-0.1, -0.05) is 125 Å². The van der Waals surface area contributed by atoms with Gasteiger partial charge in [0.05, 0.1) is 0 Å². The molecule has 2 rings (SSSR count). The van der Waals surface area contributed by atoms with Gasteiger partial charge in [-0.3, -0.25) is 0 Å². The molecule has 1 heteroatoms. The molecule has 0 saturated heterocycles. The summed E-state index contributed by atoms with van der Waals surface area (Å²) in [4.78, 5) is 0. The monoisotopic (exact) mass is 337 g/mol. The molecule has 0 atom stereocenters. The van der Waals surface area contributed by atoms with Crippen molar-refractivity contribution in [2.24, 2.45) is 5.73 Å². The quantitative estimate of drug-likeness (QED) is 0.368. The van der Waals surface area contributed by atoms with Crippen molar-refractivity contribution in [3.05, 3.63) is 71.8 Å². The molecule has 2 N–H and O–H groups in total. The summed E-state index contributed by atoms with van der Waals surface area (Å²) in [5.74, 6) is 0. The Morgan fingerprint density at radius 1 is 0.600 bits per heavy atom. The highest BCUT2D eigenvalue weighted by Gasteiger charge is 1.89. The van der Waals surface area contributed by atoms with E-state index in [0.717, 1.165) is 6.54 Å². The Bertz CT molecular complexity index is 481. The van der Waals surface area contributed by atoms with Gasteiger partial charge >= 0.3 is 0 Å². The zero-order chi connectivity index (χ0) is 18.0. The molecule has 0 aromatic heterocycles. The van der Waals surface area contributed by atoms with Crippen LogP contribution in [0, 0.1) is 0 Å². The van der Waals surface area contributed by atoms with Crippen LogP contribution in [-0.4, -0.2) is 6.54 Å². The summed E-state index contributed by atoms with van der Waals surface area (Å²) in [5, 5.41) is 0. The summed E-state index contributed by atoms with van der Waals surface area (Å²) < 4.78 is 0. The summed E-state index contributed by atoms with van der Waals surface area (Å²) in [6, 6.07) is 20.6. The minimum absolute atomic E-state index is 0.870. The molecular weight excluding hydrogens is 302 g/mol. The lowest BCUT2D eigenvalue weighted by molar-refractivity contribution is 0.578. The van der Waals surface area contributed by atoms with E-state index in [1.807, 2.05) is 36.4 Å². The third-order valence-corrected chi connectivity index (χ3v) is 4.13. The predicted octanol–water partition coefficient (Wildman–Crippen LogP) is 6.94. The molecule has 0 aliphatic heterocycles. The van der Waals surface area contributed by atoms with Gasteiger partial charge in [0.1, 0.15) is 0 Å². The van der Waals surface area contributed by atoms with E-state index >= 15 is 0 Å². The number of hydrogen-bond acceptors (Lipinski definition) is 1. The fraction of sp³-hybridized carbons (Fsp3) is 0.417. The van der Waals surface area contributed by atoms with E-state index in [4.69, 9.17) is 5.73 Å². The van der Waals surface area contributed by atoms with E-state index in [1.54, 1.807) is 0 Å². The lowest BCUT2D eigenvalue weighted by atomic mass is 10.1. The van der Waals surface area contributed by atoms with Crippen molar-refractivity contribution in [3.63, 3.8) is 0 Å². The number of unbranched alkanes of at least 4 members (excludes halogenated alkanes) is 7. The first-order valence-electron chi connectivity index (χ1n) is 9.85. The van der Waals surface area contributed by atoms with Gasteiger partial charge in [0.15, 0.2) is 0 Å². The first kappa shape index (κ1) is 21.2. The minimum atomic E-state index is 0.870. The highest BCUT2D eigenvalue weighted by Crippen LogP contribution is 2.08. The molecule has 0 spiro atoms. The van der Waals surface area contributed by atoms with Gasteiger partial charge in [-0.05, 0) is 24.1 Å². The fourth-order valence-electron chi connectivity index (χ4n) is 2.60. The molecule has 25 heavy (non-hydrogen) atoms. The summed E-state index contributed by atoms with van der Waals surface area (Å²) in [7, 11) is 0. The molecule has 0 radical (unpaired) electrons. The second kappa shape index (κ2) is 15.7. The predicted molar refractivity (Wildman–Crippen MR) is 113 cm³/mol. The Morgan fingerprint density at radius 2 is 1.00 bits per heavy atom. The molecule has 0 aliphatic carbocycles. The van der Waals surface area contributed by atoms with Crippen molar-refractivity contribution in [2.45, 2.75) is 58.3 Å². The number of nitrogens with two attached hydrogens (primary N) is 1. The van der Waals surface area contributed by atoms with Crippen LogP contribution in [0.1, 0.15) is 69.4 Å². The first-order valence-corrected chi connectivity index (χ1v) is 9.85. The van der Waals surface area contributed by atoms with Gasteiger partial charge in [-0.25, -0.2) is 0 Å². The molecule has 136 valence electrons. The lowest BCUT2D eigenvalue weighted by Crippen LogP contribution is -1.97. The molecule has 0 aliphatic rings. The molecule has 2 aromatic carbocycles. The summed E-state index contributed by atoms with van der Waals surface area (Å²) in [6.07, 6.45) is 15.2. The normalized spacial score (nSPS) is 10.5. The summed E-state index contributed by atoms with van der Waals surface area (Å²) >= 11 is 0. The van der Waals surface area contributed by atoms with Gasteiger partial charge < -0.3 is 5.73 Å². The smallest absolute Gasteiger partial charge is 0.00773 e. The van der Waals surface area contributed by atoms with E-state index in [0.29, 0.717) is 0 Å². The van der Waals surface area contributed by atoms with E-state index in [1.165, 1.54) is 62.5 Å². The first-order chi connectivity index (χ1) is 12.4. The average molecular weight is 338 g/mol. The largest absolute Gasteiger partial charge is 0.330 e. The Balaban J connectivity index is 0.000000260. The maximum Gasteiger partial charge on any atom is -0.00773 e. The van der Waals surface area contributed by atoms with E-state index in [-0.39, 0.29) is 0 Å². The van der Waals surface area contributed by atoms with Crippen LogP contribution in [0.15, 0.2) is 60.7 Å². The van der Waals surface area contributed by atoms with Crippen LogP contribution in [0.4, 0.5) is 0 Å². The maximum absolute atomic E-state index is 5.39. The van der Waals surface area contributed by atoms with Crippen molar-refractivity contribution in [1.29, 1.82) is 0 Å². The van der Waals surface area contributed by atoms with Crippen molar-refractivity contribution >= 4 is 12.2 Å². The zero-order valence-corrected chi connectivity index (χ0v) is 15.9. The summed E-state index contributed by atoms with van der Waals surface area (Å²) in [6.45, 7) is 3.13. The highest BCUT2D eigenvalue weighted by atomic mass is 14.5. The van der Waals surface area contributed by atoms with Crippen LogP contribution in [0.5, 0.6) is 0 Å². The lowest BCUT2D eigenvalue weighted by Gasteiger charge is -1.99. The molecule has 0 saturated carbocycles. The highest BCUT2D eigenvalue weighted by molar-refractivity contribution is 5.69. The number of hydrogen-bond donors (Lipinski definition) is 1. The molecule has 0 amide bonds. The third-order valence-electron chi connectivity index (χ3n) is 4.13. The van der Waals surface area contributed by atoms with Gasteiger partial charge in [0, 0.05) is 0 Å². The van der Waals surface area contributed by atoms with Crippen molar-refractivity contribution in [1.82, 2.24) is 0 Å². The van der Waals surface area contributed by atoms with Gasteiger partial charge in [0.2, 0.25) is 0 Å². The Kier molecular flexibility index (Phi) is 13.3. The molecular formula is C24H35N. The van der Waals surface area contributed by atoms with Crippen LogP contribution < -0.4 is 5.73 Å². The Hall–Kier alpha value is -1.86. The van der Waals surface area contributed by atoms with E-state index < -0.39 is 0 Å². The summed E-state index contributed by atoms with van der Waals surface area (Å²) in [5.41, 5.74) is 7.86. The maximum atomic E-state index is 5.39. The molecule has 0 bridgehead atoms. The van der Waals surface area contributed by atoms with Crippen molar-refractivity contribution < 1.29 is 0 Å². The van der Waals surface area contributed by atoms with Crippen molar-refractivity contribution in [3.8, 4) is 0 Å². The molecule has 0 heterocycles. The van der Waals surface area contributed by atoms with Gasteiger partial charge in [-0.2, -0.15) is 0 Å². The third kappa shape index (κ3) is 12.2. The second-order valence-corrected chi connectivity index (χ2v) is 6.42. The molecule has 1 nitrogen and oxygen atoms in total.